The van der Waals surface area contributed by atoms with Gasteiger partial charge in [-0.2, -0.15) is 0 Å². The average molecular weight is 348 g/mol. The summed E-state index contributed by atoms with van der Waals surface area (Å²) in [6, 6.07) is 12.6. The molecule has 1 N–H and O–H groups in total. The van der Waals surface area contributed by atoms with Gasteiger partial charge in [0.05, 0.1) is 13.0 Å². The van der Waals surface area contributed by atoms with Gasteiger partial charge in [-0.25, -0.2) is 4.39 Å². The summed E-state index contributed by atoms with van der Waals surface area (Å²) in [5.41, 5.74) is 4.71. The maximum atomic E-state index is 13.6. The van der Waals surface area contributed by atoms with Gasteiger partial charge in [0.1, 0.15) is 5.82 Å². The minimum atomic E-state index is -0.315. The number of aromatic nitrogens is 1. The van der Waals surface area contributed by atoms with Gasteiger partial charge in [0.15, 0.2) is 0 Å². The first kappa shape index (κ1) is 17.8. The zero-order chi connectivity index (χ0) is 18.7. The van der Waals surface area contributed by atoms with Crippen molar-refractivity contribution in [2.24, 2.45) is 0 Å². The molecule has 0 bridgehead atoms. The third-order valence-corrected chi connectivity index (χ3v) is 4.54. The summed E-state index contributed by atoms with van der Waals surface area (Å²) in [7, 11) is 0. The topological polar surface area (TPSA) is 36.1 Å². The van der Waals surface area contributed by atoms with E-state index in [0.717, 1.165) is 27.7 Å². The summed E-state index contributed by atoms with van der Waals surface area (Å²) >= 11 is 0. The molecular weight excluding hydrogens is 327 g/mol. The van der Waals surface area contributed by atoms with Gasteiger partial charge in [-0.3, -0.25) is 4.79 Å². The van der Waals surface area contributed by atoms with Crippen molar-refractivity contribution in [1.29, 1.82) is 0 Å². The lowest BCUT2D eigenvalue weighted by Gasteiger charge is -2.21. The molecule has 0 saturated heterocycles. The van der Waals surface area contributed by atoms with Gasteiger partial charge in [0.2, 0.25) is 5.91 Å². The summed E-state index contributed by atoms with van der Waals surface area (Å²) in [4.78, 5) is 17.7. The summed E-state index contributed by atoms with van der Waals surface area (Å²) in [6.45, 7) is 4.61. The highest BCUT2D eigenvalue weighted by Crippen LogP contribution is 2.24. The average Bonchev–Trinajstić information content (AvgIpc) is 2.91. The van der Waals surface area contributed by atoms with Crippen LogP contribution in [0.5, 0.6) is 0 Å². The number of nitrogens with one attached hydrogen (secondary N) is 1. The molecule has 1 amide bonds. The van der Waals surface area contributed by atoms with Crippen molar-refractivity contribution in [3.05, 3.63) is 70.7 Å². The van der Waals surface area contributed by atoms with Gasteiger partial charge < -0.3 is 9.88 Å². The van der Waals surface area contributed by atoms with E-state index < -0.39 is 0 Å². The number of aromatic amines is 1. The molecule has 0 atom stereocenters. The number of aryl methyl sites for hydroxylation is 2. The summed E-state index contributed by atoms with van der Waals surface area (Å²) < 4.78 is 13.6. The number of nitrogens with zero attached hydrogens (tertiary/aromatic N) is 1. The van der Waals surface area contributed by atoms with E-state index >= 15 is 0 Å². The van der Waals surface area contributed by atoms with E-state index in [2.05, 4.69) is 10.9 Å². The third-order valence-electron chi connectivity index (χ3n) is 4.54. The minimum absolute atomic E-state index is 0.0724. The first-order chi connectivity index (χ1) is 12.5. The van der Waals surface area contributed by atoms with E-state index in [9.17, 15) is 9.18 Å². The standard InChI is InChI=1S/C22H21FN2O/c1-4-11-25(14-17-7-5-15(2)6-8-17)22(26)13-19-16(3)24-21-10-9-18(23)12-20(19)21/h1,5-10,12,24H,11,13-14H2,2-3H3. The lowest BCUT2D eigenvalue weighted by atomic mass is 10.1. The highest BCUT2D eigenvalue weighted by atomic mass is 19.1. The predicted octanol–water partition coefficient (Wildman–Crippen LogP) is 4.13. The van der Waals surface area contributed by atoms with E-state index in [1.54, 1.807) is 11.0 Å². The molecule has 1 aromatic heterocycles. The van der Waals surface area contributed by atoms with E-state index in [0.29, 0.717) is 6.54 Å². The molecule has 2 aromatic carbocycles. The Morgan fingerprint density at radius 3 is 2.62 bits per heavy atom. The number of carbonyl (C=O) groups excluding carboxylic acids is 1. The Kier molecular flexibility index (Phi) is 5.09. The van der Waals surface area contributed by atoms with Crippen LogP contribution in [0.2, 0.25) is 0 Å². The second-order valence-electron chi connectivity index (χ2n) is 6.53. The molecule has 1 heterocycles. The number of terminal acetylenes is 1. The van der Waals surface area contributed by atoms with Gasteiger partial charge >= 0.3 is 0 Å². The molecule has 132 valence electrons. The molecule has 0 unspecified atom stereocenters. The van der Waals surface area contributed by atoms with Crippen LogP contribution in [0.25, 0.3) is 10.9 Å². The van der Waals surface area contributed by atoms with Crippen LogP contribution < -0.4 is 0 Å². The third kappa shape index (κ3) is 3.78. The van der Waals surface area contributed by atoms with E-state index in [1.165, 1.54) is 17.7 Å². The number of fused-ring (bicyclic) bond motifs is 1. The summed E-state index contributed by atoms with van der Waals surface area (Å²) in [5, 5.41) is 0.742. The fourth-order valence-corrected chi connectivity index (χ4v) is 3.10. The lowest BCUT2D eigenvalue weighted by molar-refractivity contribution is -0.130. The molecule has 0 aliphatic rings. The zero-order valence-electron chi connectivity index (χ0n) is 15.0. The second kappa shape index (κ2) is 7.45. The van der Waals surface area contributed by atoms with Crippen LogP contribution in [-0.4, -0.2) is 22.3 Å². The smallest absolute Gasteiger partial charge is 0.228 e. The molecule has 0 saturated carbocycles. The Bertz CT molecular complexity index is 980. The Balaban J connectivity index is 1.84. The second-order valence-corrected chi connectivity index (χ2v) is 6.53. The molecule has 26 heavy (non-hydrogen) atoms. The van der Waals surface area contributed by atoms with Crippen molar-refractivity contribution >= 4 is 16.8 Å². The highest BCUT2D eigenvalue weighted by Gasteiger charge is 2.18. The fourth-order valence-electron chi connectivity index (χ4n) is 3.10. The highest BCUT2D eigenvalue weighted by molar-refractivity contribution is 5.90. The maximum Gasteiger partial charge on any atom is 0.228 e. The van der Waals surface area contributed by atoms with Gasteiger partial charge in [-0.05, 0) is 43.2 Å². The van der Waals surface area contributed by atoms with Crippen LogP contribution in [0.15, 0.2) is 42.5 Å². The number of hydrogen-bond acceptors (Lipinski definition) is 1. The fraction of sp³-hybridized carbons (Fsp3) is 0.227. The molecule has 0 aliphatic heterocycles. The minimum Gasteiger partial charge on any atom is -0.358 e. The van der Waals surface area contributed by atoms with E-state index in [4.69, 9.17) is 6.42 Å². The van der Waals surface area contributed by atoms with Gasteiger partial charge in [-0.1, -0.05) is 35.7 Å². The normalized spacial score (nSPS) is 10.7. The quantitative estimate of drug-likeness (QED) is 0.692. The molecule has 0 spiro atoms. The van der Waals surface area contributed by atoms with Crippen molar-refractivity contribution in [3.8, 4) is 12.3 Å². The predicted molar refractivity (Wildman–Crippen MR) is 102 cm³/mol. The molecule has 3 aromatic rings. The van der Waals surface area contributed by atoms with Crippen LogP contribution in [0.1, 0.15) is 22.4 Å². The monoisotopic (exact) mass is 348 g/mol. The number of H-pyrrole nitrogens is 1. The molecule has 3 rings (SSSR count). The lowest BCUT2D eigenvalue weighted by Crippen LogP contribution is -2.32. The van der Waals surface area contributed by atoms with Crippen molar-refractivity contribution in [1.82, 2.24) is 9.88 Å². The van der Waals surface area contributed by atoms with Crippen molar-refractivity contribution in [2.45, 2.75) is 26.8 Å². The van der Waals surface area contributed by atoms with Crippen molar-refractivity contribution in [2.75, 3.05) is 6.54 Å². The molecule has 0 radical (unpaired) electrons. The van der Waals surface area contributed by atoms with E-state index in [-0.39, 0.29) is 24.7 Å². The molecular formula is C22H21FN2O. The van der Waals surface area contributed by atoms with E-state index in [1.807, 2.05) is 38.1 Å². The number of hydrogen-bond donors (Lipinski definition) is 1. The van der Waals surface area contributed by atoms with Crippen LogP contribution in [0.4, 0.5) is 4.39 Å². The van der Waals surface area contributed by atoms with Crippen molar-refractivity contribution in [3.63, 3.8) is 0 Å². The Morgan fingerprint density at radius 2 is 1.92 bits per heavy atom. The zero-order valence-corrected chi connectivity index (χ0v) is 15.0. The maximum absolute atomic E-state index is 13.6. The number of benzene rings is 2. The first-order valence-electron chi connectivity index (χ1n) is 8.51. The SMILES string of the molecule is C#CCN(Cc1ccc(C)cc1)C(=O)Cc1c(C)[nH]c2ccc(F)cc12. The van der Waals surface area contributed by atoms with Crippen LogP contribution in [0, 0.1) is 32.0 Å². The molecule has 4 heteroatoms. The summed E-state index contributed by atoms with van der Waals surface area (Å²) in [5.74, 6) is 2.17. The Hall–Kier alpha value is -3.06. The van der Waals surface area contributed by atoms with Gasteiger partial charge in [-0.15, -0.1) is 6.42 Å². The molecule has 3 nitrogen and oxygen atoms in total. The number of halogens is 1. The molecule has 0 aliphatic carbocycles. The number of amides is 1. The number of carbonyl (C=O) groups is 1. The van der Waals surface area contributed by atoms with Gasteiger partial charge in [0.25, 0.3) is 0 Å². The van der Waals surface area contributed by atoms with Crippen molar-refractivity contribution < 1.29 is 9.18 Å². The van der Waals surface area contributed by atoms with Crippen LogP contribution in [0.3, 0.4) is 0 Å². The first-order valence-corrected chi connectivity index (χ1v) is 8.51. The Morgan fingerprint density at radius 1 is 1.19 bits per heavy atom. The summed E-state index contributed by atoms with van der Waals surface area (Å²) in [6.07, 6.45) is 5.64. The largest absolute Gasteiger partial charge is 0.358 e. The molecule has 0 fully saturated rings. The Labute approximate surface area is 152 Å². The van der Waals surface area contributed by atoms with Crippen LogP contribution in [-0.2, 0) is 17.8 Å². The van der Waals surface area contributed by atoms with Crippen LogP contribution >= 0.6 is 0 Å². The van der Waals surface area contributed by atoms with Gasteiger partial charge in [0, 0.05) is 23.1 Å². The number of rotatable bonds is 5.